The van der Waals surface area contributed by atoms with Crippen LogP contribution in [0.15, 0.2) is 12.1 Å². The first-order chi connectivity index (χ1) is 12.9. The Hall–Kier alpha value is -2.68. The standard InChI is InChI=1S/C18H26N2O7/c1-2-3-4-5-6-7-9-26-10-8-17(21)27-16-12-14(19)13(18(22)23)11-15(16)20(24)25/h11-12H,2-10,19H2,1H3,(H,22,23). The number of carboxylic acid groups (broad SMARTS) is 1. The van der Waals surface area contributed by atoms with E-state index < -0.39 is 28.1 Å². The number of benzene rings is 1. The van der Waals surface area contributed by atoms with E-state index in [1.165, 1.54) is 19.3 Å². The van der Waals surface area contributed by atoms with Gasteiger partial charge in [0, 0.05) is 18.7 Å². The molecule has 0 aliphatic carbocycles. The van der Waals surface area contributed by atoms with E-state index in [4.69, 9.17) is 20.3 Å². The van der Waals surface area contributed by atoms with Crippen LogP contribution in [0.1, 0.15) is 62.2 Å². The molecule has 0 bridgehead atoms. The number of esters is 1. The van der Waals surface area contributed by atoms with E-state index in [1.54, 1.807) is 0 Å². The number of carbonyl (C=O) groups is 2. The normalized spacial score (nSPS) is 10.6. The number of aromatic carboxylic acids is 1. The fourth-order valence-corrected chi connectivity index (χ4v) is 2.41. The minimum Gasteiger partial charge on any atom is -0.478 e. The summed E-state index contributed by atoms with van der Waals surface area (Å²) in [5.74, 6) is -2.51. The first-order valence-corrected chi connectivity index (χ1v) is 8.96. The Morgan fingerprint density at radius 2 is 1.81 bits per heavy atom. The maximum Gasteiger partial charge on any atom is 0.338 e. The van der Waals surface area contributed by atoms with Gasteiger partial charge in [-0.3, -0.25) is 14.9 Å². The highest BCUT2D eigenvalue weighted by molar-refractivity contribution is 5.95. The van der Waals surface area contributed by atoms with Crippen molar-refractivity contribution in [3.05, 3.63) is 27.8 Å². The van der Waals surface area contributed by atoms with Crippen LogP contribution in [0.5, 0.6) is 5.75 Å². The number of rotatable bonds is 13. The van der Waals surface area contributed by atoms with Crippen molar-refractivity contribution >= 4 is 23.3 Å². The van der Waals surface area contributed by atoms with E-state index in [1.807, 2.05) is 0 Å². The maximum atomic E-state index is 11.8. The van der Waals surface area contributed by atoms with E-state index >= 15 is 0 Å². The van der Waals surface area contributed by atoms with E-state index in [0.29, 0.717) is 6.61 Å². The zero-order valence-electron chi connectivity index (χ0n) is 15.4. The van der Waals surface area contributed by atoms with Gasteiger partial charge in [-0.15, -0.1) is 0 Å². The highest BCUT2D eigenvalue weighted by Gasteiger charge is 2.23. The monoisotopic (exact) mass is 382 g/mol. The van der Waals surface area contributed by atoms with Gasteiger partial charge in [0.05, 0.1) is 29.2 Å². The molecule has 1 aromatic carbocycles. The van der Waals surface area contributed by atoms with Crippen LogP contribution in [0.2, 0.25) is 0 Å². The van der Waals surface area contributed by atoms with E-state index in [9.17, 15) is 19.7 Å². The molecule has 0 radical (unpaired) electrons. The second kappa shape index (κ2) is 11.8. The Labute approximate surface area is 157 Å². The van der Waals surface area contributed by atoms with Gasteiger partial charge in [-0.25, -0.2) is 4.79 Å². The summed E-state index contributed by atoms with van der Waals surface area (Å²) in [7, 11) is 0. The van der Waals surface area contributed by atoms with Crippen LogP contribution >= 0.6 is 0 Å². The van der Waals surface area contributed by atoms with Gasteiger partial charge in [0.2, 0.25) is 5.75 Å². The van der Waals surface area contributed by atoms with Gasteiger partial charge in [0.1, 0.15) is 0 Å². The molecule has 0 aliphatic rings. The van der Waals surface area contributed by atoms with E-state index in [-0.39, 0.29) is 24.5 Å². The number of carbonyl (C=O) groups excluding carboxylic acids is 1. The first kappa shape index (κ1) is 22.4. The van der Waals surface area contributed by atoms with Gasteiger partial charge in [-0.1, -0.05) is 39.0 Å². The number of nitrogens with zero attached hydrogens (tertiary/aromatic N) is 1. The molecule has 0 unspecified atom stereocenters. The fraction of sp³-hybridized carbons (Fsp3) is 0.556. The Bertz CT molecular complexity index is 661. The first-order valence-electron chi connectivity index (χ1n) is 8.96. The smallest absolute Gasteiger partial charge is 0.338 e. The molecule has 0 amide bonds. The van der Waals surface area contributed by atoms with Crippen molar-refractivity contribution in [2.75, 3.05) is 18.9 Å². The molecule has 0 atom stereocenters. The van der Waals surface area contributed by atoms with Crippen molar-refractivity contribution in [2.24, 2.45) is 0 Å². The van der Waals surface area contributed by atoms with Crippen LogP contribution in [0.25, 0.3) is 0 Å². The van der Waals surface area contributed by atoms with Crippen molar-refractivity contribution in [3.8, 4) is 5.75 Å². The lowest BCUT2D eigenvalue weighted by atomic mass is 10.1. The average molecular weight is 382 g/mol. The Morgan fingerprint density at radius 1 is 1.15 bits per heavy atom. The summed E-state index contributed by atoms with van der Waals surface area (Å²) >= 11 is 0. The van der Waals surface area contributed by atoms with Crippen LogP contribution in [0, 0.1) is 10.1 Å². The third-order valence-corrected chi connectivity index (χ3v) is 3.87. The SMILES string of the molecule is CCCCCCCCOCCC(=O)Oc1cc(N)c(C(=O)O)cc1[N+](=O)[O-]. The number of nitrogens with two attached hydrogens (primary N) is 1. The summed E-state index contributed by atoms with van der Waals surface area (Å²) in [4.78, 5) is 33.1. The molecule has 0 spiro atoms. The molecular weight excluding hydrogens is 356 g/mol. The highest BCUT2D eigenvalue weighted by Crippen LogP contribution is 2.32. The van der Waals surface area contributed by atoms with Crippen molar-refractivity contribution in [1.29, 1.82) is 0 Å². The van der Waals surface area contributed by atoms with E-state index in [2.05, 4.69) is 6.92 Å². The van der Waals surface area contributed by atoms with Crippen molar-refractivity contribution in [2.45, 2.75) is 51.9 Å². The highest BCUT2D eigenvalue weighted by atomic mass is 16.6. The average Bonchev–Trinajstić information content (AvgIpc) is 2.59. The lowest BCUT2D eigenvalue weighted by molar-refractivity contribution is -0.385. The summed E-state index contributed by atoms with van der Waals surface area (Å²) in [6.45, 7) is 2.84. The number of nitrogen functional groups attached to an aromatic ring is 1. The molecule has 0 saturated heterocycles. The second-order valence-corrected chi connectivity index (χ2v) is 6.07. The molecular formula is C18H26N2O7. The largest absolute Gasteiger partial charge is 0.478 e. The fourth-order valence-electron chi connectivity index (χ4n) is 2.41. The molecule has 9 heteroatoms. The van der Waals surface area contributed by atoms with Crippen LogP contribution in [0.4, 0.5) is 11.4 Å². The lowest BCUT2D eigenvalue weighted by Crippen LogP contribution is -2.13. The quantitative estimate of drug-likeness (QED) is 0.132. The number of nitro benzene ring substituents is 1. The minimum absolute atomic E-state index is 0.0758. The molecule has 1 rings (SSSR count). The third kappa shape index (κ3) is 8.04. The number of carboxylic acids is 1. The van der Waals surface area contributed by atoms with E-state index in [0.717, 1.165) is 31.4 Å². The number of nitro groups is 1. The van der Waals surface area contributed by atoms with Gasteiger partial charge in [0.25, 0.3) is 0 Å². The van der Waals surface area contributed by atoms with Gasteiger partial charge in [-0.05, 0) is 6.42 Å². The Balaban J connectivity index is 2.45. The third-order valence-electron chi connectivity index (χ3n) is 3.87. The molecule has 0 aliphatic heterocycles. The predicted molar refractivity (Wildman–Crippen MR) is 98.9 cm³/mol. The number of ether oxygens (including phenoxy) is 2. The molecule has 0 heterocycles. The number of unbranched alkanes of at least 4 members (excludes halogenated alkanes) is 5. The maximum absolute atomic E-state index is 11.8. The molecule has 3 N–H and O–H groups in total. The summed E-state index contributed by atoms with van der Waals surface area (Å²) in [6, 6.07) is 1.74. The molecule has 0 saturated carbocycles. The van der Waals surface area contributed by atoms with Crippen molar-refractivity contribution in [1.82, 2.24) is 0 Å². The van der Waals surface area contributed by atoms with Gasteiger partial charge < -0.3 is 20.3 Å². The predicted octanol–water partition coefficient (Wildman–Crippen LogP) is 3.55. The molecule has 150 valence electrons. The Kier molecular flexibility index (Phi) is 9.81. The number of anilines is 1. The number of hydrogen-bond donors (Lipinski definition) is 2. The van der Waals surface area contributed by atoms with Crippen molar-refractivity contribution in [3.63, 3.8) is 0 Å². The van der Waals surface area contributed by atoms with Gasteiger partial charge in [-0.2, -0.15) is 0 Å². The molecule has 9 nitrogen and oxygen atoms in total. The molecule has 0 fully saturated rings. The molecule has 0 aromatic heterocycles. The topological polar surface area (TPSA) is 142 Å². The van der Waals surface area contributed by atoms with Gasteiger partial charge >= 0.3 is 17.6 Å². The van der Waals surface area contributed by atoms with Gasteiger partial charge in [0.15, 0.2) is 0 Å². The van der Waals surface area contributed by atoms with Crippen molar-refractivity contribution < 1.29 is 29.1 Å². The minimum atomic E-state index is -1.41. The zero-order chi connectivity index (χ0) is 20.2. The summed E-state index contributed by atoms with van der Waals surface area (Å²) < 4.78 is 10.3. The number of hydrogen-bond acceptors (Lipinski definition) is 7. The van der Waals surface area contributed by atoms with Crippen LogP contribution < -0.4 is 10.5 Å². The summed E-state index contributed by atoms with van der Waals surface area (Å²) in [5, 5.41) is 20.0. The summed E-state index contributed by atoms with van der Waals surface area (Å²) in [6.07, 6.45) is 6.72. The summed E-state index contributed by atoms with van der Waals surface area (Å²) in [5.41, 5.74) is 4.26. The van der Waals surface area contributed by atoms with Crippen LogP contribution in [-0.4, -0.2) is 35.2 Å². The molecule has 1 aromatic rings. The van der Waals surface area contributed by atoms with Crippen LogP contribution in [-0.2, 0) is 9.53 Å². The van der Waals surface area contributed by atoms with Crippen LogP contribution in [0.3, 0.4) is 0 Å². The zero-order valence-corrected chi connectivity index (χ0v) is 15.4. The second-order valence-electron chi connectivity index (χ2n) is 6.07. The molecule has 27 heavy (non-hydrogen) atoms. The lowest BCUT2D eigenvalue weighted by Gasteiger charge is -2.08. The Morgan fingerprint density at radius 3 is 2.44 bits per heavy atom.